The first-order valence-corrected chi connectivity index (χ1v) is 8.77. The van der Waals surface area contributed by atoms with Gasteiger partial charge in [-0.3, -0.25) is 4.68 Å². The number of hydrogen-bond donors (Lipinski definition) is 2. The molecule has 0 saturated heterocycles. The topological polar surface area (TPSA) is 41.9 Å². The maximum atomic E-state index is 5.87. The summed E-state index contributed by atoms with van der Waals surface area (Å²) in [6.07, 6.45) is 3.66. The van der Waals surface area contributed by atoms with E-state index in [1.807, 2.05) is 47.3 Å². The van der Waals surface area contributed by atoms with Crippen LogP contribution in [0.3, 0.4) is 0 Å². The molecule has 122 valence electrons. The number of halogens is 2. The predicted molar refractivity (Wildman–Crippen MR) is 107 cm³/mol. The standard InChI is InChI=1S/C17H14BrClN4S/c18-13-3-1-12(2-4-13)10-23-11-16(9-20-23)22-17(24)21-15-7-5-14(19)6-8-15/h1-9,11H,10H2,(H2,21,22,24). The van der Waals surface area contributed by atoms with Crippen LogP contribution in [0.5, 0.6) is 0 Å². The molecule has 0 atom stereocenters. The van der Waals surface area contributed by atoms with Gasteiger partial charge >= 0.3 is 0 Å². The minimum Gasteiger partial charge on any atom is -0.332 e. The molecule has 3 aromatic rings. The Kier molecular flexibility index (Phi) is 5.50. The molecule has 0 saturated carbocycles. The fraction of sp³-hybridized carbons (Fsp3) is 0.0588. The summed E-state index contributed by atoms with van der Waals surface area (Å²) < 4.78 is 2.92. The number of hydrogen-bond acceptors (Lipinski definition) is 2. The molecule has 0 unspecified atom stereocenters. The molecule has 2 aromatic carbocycles. The van der Waals surface area contributed by atoms with Gasteiger partial charge < -0.3 is 10.6 Å². The van der Waals surface area contributed by atoms with E-state index in [2.05, 4.69) is 43.8 Å². The second-order valence-corrected chi connectivity index (χ2v) is 6.90. The Morgan fingerprint density at radius 3 is 2.42 bits per heavy atom. The number of thiocarbonyl (C=S) groups is 1. The maximum absolute atomic E-state index is 5.87. The van der Waals surface area contributed by atoms with Crippen molar-refractivity contribution in [1.82, 2.24) is 9.78 Å². The number of nitrogens with zero attached hydrogens (tertiary/aromatic N) is 2. The summed E-state index contributed by atoms with van der Waals surface area (Å²) in [4.78, 5) is 0. The largest absolute Gasteiger partial charge is 0.332 e. The fourth-order valence-corrected chi connectivity index (χ4v) is 2.74. The van der Waals surface area contributed by atoms with Gasteiger partial charge in [0.1, 0.15) is 0 Å². The number of aromatic nitrogens is 2. The van der Waals surface area contributed by atoms with E-state index < -0.39 is 0 Å². The van der Waals surface area contributed by atoms with E-state index in [4.69, 9.17) is 23.8 Å². The van der Waals surface area contributed by atoms with Gasteiger partial charge in [0.05, 0.1) is 18.4 Å². The Hall–Kier alpha value is -1.89. The van der Waals surface area contributed by atoms with Crippen molar-refractivity contribution in [2.75, 3.05) is 10.6 Å². The van der Waals surface area contributed by atoms with Crippen LogP contribution in [0.2, 0.25) is 5.02 Å². The van der Waals surface area contributed by atoms with Crippen molar-refractivity contribution in [3.63, 3.8) is 0 Å². The summed E-state index contributed by atoms with van der Waals surface area (Å²) in [5.74, 6) is 0. The van der Waals surface area contributed by atoms with Crippen molar-refractivity contribution in [3.8, 4) is 0 Å². The lowest BCUT2D eigenvalue weighted by atomic mass is 10.2. The number of nitrogens with one attached hydrogen (secondary N) is 2. The molecular formula is C17H14BrClN4S. The predicted octanol–water partition coefficient (Wildman–Crippen LogP) is 5.16. The molecule has 0 aliphatic carbocycles. The first-order chi connectivity index (χ1) is 11.6. The van der Waals surface area contributed by atoms with Crippen LogP contribution >= 0.6 is 39.7 Å². The number of anilines is 2. The smallest absolute Gasteiger partial charge is 0.175 e. The zero-order chi connectivity index (χ0) is 16.9. The van der Waals surface area contributed by atoms with E-state index in [9.17, 15) is 0 Å². The first-order valence-electron chi connectivity index (χ1n) is 7.19. The summed E-state index contributed by atoms with van der Waals surface area (Å²) in [5, 5.41) is 11.8. The molecule has 0 radical (unpaired) electrons. The second kappa shape index (κ2) is 7.79. The van der Waals surface area contributed by atoms with Crippen LogP contribution in [0.4, 0.5) is 11.4 Å². The van der Waals surface area contributed by atoms with Gasteiger partial charge in [-0.25, -0.2) is 0 Å². The zero-order valence-electron chi connectivity index (χ0n) is 12.5. The summed E-state index contributed by atoms with van der Waals surface area (Å²) in [6, 6.07) is 15.5. The molecule has 0 bridgehead atoms. The average Bonchev–Trinajstić information content (AvgIpc) is 2.99. The van der Waals surface area contributed by atoms with Crippen LogP contribution in [0.15, 0.2) is 65.4 Å². The molecule has 24 heavy (non-hydrogen) atoms. The molecule has 0 aliphatic heterocycles. The third kappa shape index (κ3) is 4.80. The minimum absolute atomic E-state index is 0.500. The molecule has 0 spiro atoms. The molecule has 0 amide bonds. The minimum atomic E-state index is 0.500. The van der Waals surface area contributed by atoms with Crippen molar-refractivity contribution in [2.24, 2.45) is 0 Å². The van der Waals surface area contributed by atoms with Crippen LogP contribution < -0.4 is 10.6 Å². The highest BCUT2D eigenvalue weighted by Gasteiger charge is 2.03. The normalized spacial score (nSPS) is 10.4. The van der Waals surface area contributed by atoms with Gasteiger partial charge in [0.2, 0.25) is 0 Å². The Labute approximate surface area is 159 Å². The Bertz CT molecular complexity index is 831. The van der Waals surface area contributed by atoms with Gasteiger partial charge in [0.15, 0.2) is 5.11 Å². The lowest BCUT2D eigenvalue weighted by Crippen LogP contribution is -2.18. The zero-order valence-corrected chi connectivity index (χ0v) is 15.7. The van der Waals surface area contributed by atoms with E-state index in [1.54, 1.807) is 6.20 Å². The van der Waals surface area contributed by atoms with E-state index in [0.717, 1.165) is 15.8 Å². The fourth-order valence-electron chi connectivity index (χ4n) is 2.12. The highest BCUT2D eigenvalue weighted by atomic mass is 79.9. The lowest BCUT2D eigenvalue weighted by molar-refractivity contribution is 0.687. The highest BCUT2D eigenvalue weighted by Crippen LogP contribution is 2.15. The molecule has 4 nitrogen and oxygen atoms in total. The van der Waals surface area contributed by atoms with Crippen LogP contribution in [-0.2, 0) is 6.54 Å². The third-order valence-electron chi connectivity index (χ3n) is 3.25. The van der Waals surface area contributed by atoms with Crippen molar-refractivity contribution in [2.45, 2.75) is 6.54 Å². The van der Waals surface area contributed by atoms with Crippen molar-refractivity contribution >= 4 is 56.2 Å². The first kappa shape index (κ1) is 17.0. The van der Waals surface area contributed by atoms with Crippen LogP contribution in [-0.4, -0.2) is 14.9 Å². The molecule has 1 heterocycles. The summed E-state index contributed by atoms with van der Waals surface area (Å²) >= 11 is 14.6. The quantitative estimate of drug-likeness (QED) is 0.571. The van der Waals surface area contributed by atoms with Gasteiger partial charge in [0, 0.05) is 21.4 Å². The van der Waals surface area contributed by atoms with Crippen molar-refractivity contribution in [1.29, 1.82) is 0 Å². The van der Waals surface area contributed by atoms with Crippen LogP contribution in [0, 0.1) is 0 Å². The summed E-state index contributed by atoms with van der Waals surface area (Å²) in [7, 11) is 0. The van der Waals surface area contributed by atoms with Gasteiger partial charge in [-0.05, 0) is 54.2 Å². The molecule has 0 aliphatic rings. The SMILES string of the molecule is S=C(Nc1ccc(Cl)cc1)Nc1cnn(Cc2ccc(Br)cc2)c1. The molecular weight excluding hydrogens is 408 g/mol. The number of rotatable bonds is 4. The van der Waals surface area contributed by atoms with Gasteiger partial charge in [-0.15, -0.1) is 0 Å². The second-order valence-electron chi connectivity index (χ2n) is 5.14. The van der Waals surface area contributed by atoms with Gasteiger partial charge in [-0.2, -0.15) is 5.10 Å². The number of benzene rings is 2. The Morgan fingerprint density at radius 2 is 1.71 bits per heavy atom. The lowest BCUT2D eigenvalue weighted by Gasteiger charge is -2.08. The van der Waals surface area contributed by atoms with Crippen molar-refractivity contribution in [3.05, 3.63) is 76.0 Å². The third-order valence-corrected chi connectivity index (χ3v) is 4.24. The molecule has 2 N–H and O–H groups in total. The summed E-state index contributed by atoms with van der Waals surface area (Å²) in [6.45, 7) is 0.701. The van der Waals surface area contributed by atoms with Crippen LogP contribution in [0.25, 0.3) is 0 Å². The molecule has 3 rings (SSSR count). The molecule has 0 fully saturated rings. The monoisotopic (exact) mass is 420 g/mol. The highest BCUT2D eigenvalue weighted by molar-refractivity contribution is 9.10. The van der Waals surface area contributed by atoms with Gasteiger partial charge in [0.25, 0.3) is 0 Å². The maximum Gasteiger partial charge on any atom is 0.175 e. The Balaban J connectivity index is 1.58. The van der Waals surface area contributed by atoms with Gasteiger partial charge in [-0.1, -0.05) is 39.7 Å². The Morgan fingerprint density at radius 1 is 1.04 bits per heavy atom. The molecule has 7 heteroatoms. The average molecular weight is 422 g/mol. The van der Waals surface area contributed by atoms with Crippen molar-refractivity contribution < 1.29 is 0 Å². The van der Waals surface area contributed by atoms with Crippen LogP contribution in [0.1, 0.15) is 5.56 Å². The van der Waals surface area contributed by atoms with E-state index in [0.29, 0.717) is 16.7 Å². The van der Waals surface area contributed by atoms with E-state index in [-0.39, 0.29) is 0 Å². The molecule has 1 aromatic heterocycles. The summed E-state index contributed by atoms with van der Waals surface area (Å²) in [5.41, 5.74) is 2.88. The van der Waals surface area contributed by atoms with E-state index >= 15 is 0 Å². The van der Waals surface area contributed by atoms with E-state index in [1.165, 1.54) is 5.56 Å².